The Kier molecular flexibility index (Phi) is 10.5. The van der Waals surface area contributed by atoms with Crippen molar-refractivity contribution >= 4 is 32.7 Å². The summed E-state index contributed by atoms with van der Waals surface area (Å²) in [5.74, 6) is 0.710. The lowest BCUT2D eigenvalue weighted by Crippen LogP contribution is -2.22. The maximum absolute atomic E-state index is 12.9. The van der Waals surface area contributed by atoms with E-state index in [0.717, 1.165) is 16.9 Å². The Balaban J connectivity index is 2.06. The zero-order valence-electron chi connectivity index (χ0n) is 18.5. The quantitative estimate of drug-likeness (QED) is 0.178. The zero-order valence-corrected chi connectivity index (χ0v) is 21.1. The molecule has 0 amide bonds. The third kappa shape index (κ3) is 7.20. The van der Waals surface area contributed by atoms with E-state index in [0.29, 0.717) is 12.3 Å². The Morgan fingerprint density at radius 3 is 2.25 bits per heavy atom. The number of ether oxygens (including phenoxy) is 1. The van der Waals surface area contributed by atoms with E-state index in [1.807, 2.05) is 24.3 Å². The summed E-state index contributed by atoms with van der Waals surface area (Å²) in [7, 11) is 1.28. The summed E-state index contributed by atoms with van der Waals surface area (Å²) >= 11 is 5.46. The molecule has 172 valence electrons. The van der Waals surface area contributed by atoms with Crippen LogP contribution in [0.25, 0.3) is 0 Å². The van der Waals surface area contributed by atoms with Crippen LogP contribution in [0, 0.1) is 0 Å². The van der Waals surface area contributed by atoms with E-state index in [9.17, 15) is 4.57 Å². The number of hydrogen-bond acceptors (Lipinski definition) is 8. The predicted molar refractivity (Wildman–Crippen MR) is 132 cm³/mol. The molecular formula is C21H28N3O5P2S+. The second kappa shape index (κ2) is 12.8. The molecule has 0 radical (unpaired) electrons. The standard InChI is InChI=1S/C21H28N3O5P2S/c1-6-15-22-21(31(25,27-4)28-5)18-9-13-20(14-10-18)29-30(32)24(2)23-16-17-7-11-19(26-3)12-8-17/h6-14,16,21-22H,1,15H2,2-5H3/q+1/b23-16+. The molecule has 32 heavy (non-hydrogen) atoms. The van der Waals surface area contributed by atoms with Gasteiger partial charge in [-0.25, -0.2) is 0 Å². The van der Waals surface area contributed by atoms with Crippen molar-refractivity contribution in [3.8, 4) is 11.5 Å². The fourth-order valence-corrected chi connectivity index (χ4v) is 5.01. The van der Waals surface area contributed by atoms with Crippen LogP contribution in [0.2, 0.25) is 0 Å². The average molecular weight is 496 g/mol. The van der Waals surface area contributed by atoms with Crippen molar-refractivity contribution in [1.82, 2.24) is 10.1 Å². The second-order valence-corrected chi connectivity index (χ2v) is 10.9. The molecular weight excluding hydrogens is 468 g/mol. The van der Waals surface area contributed by atoms with Crippen LogP contribution in [0.4, 0.5) is 0 Å². The minimum absolute atomic E-state index is 0.439. The Morgan fingerprint density at radius 2 is 1.72 bits per heavy atom. The molecule has 0 fully saturated rings. The van der Waals surface area contributed by atoms with E-state index < -0.39 is 20.5 Å². The van der Waals surface area contributed by atoms with Crippen molar-refractivity contribution in [1.29, 1.82) is 0 Å². The largest absolute Gasteiger partial charge is 0.540 e. The molecule has 0 saturated carbocycles. The molecule has 1 N–H and O–H groups in total. The number of rotatable bonds is 13. The highest BCUT2D eigenvalue weighted by molar-refractivity contribution is 8.02. The summed E-state index contributed by atoms with van der Waals surface area (Å²) in [6.45, 7) is 4.12. The molecule has 11 heteroatoms. The van der Waals surface area contributed by atoms with Gasteiger partial charge in [-0.2, -0.15) is 0 Å². The molecule has 2 atom stereocenters. The van der Waals surface area contributed by atoms with Crippen molar-refractivity contribution < 1.29 is 22.9 Å². The summed E-state index contributed by atoms with van der Waals surface area (Å²) in [6, 6.07) is 14.6. The van der Waals surface area contributed by atoms with Gasteiger partial charge in [-0.3, -0.25) is 14.4 Å². The summed E-state index contributed by atoms with van der Waals surface area (Å²) in [5, 5.41) is 7.48. The van der Waals surface area contributed by atoms with E-state index in [2.05, 4.69) is 17.0 Å². The van der Waals surface area contributed by atoms with Crippen LogP contribution < -0.4 is 14.6 Å². The van der Waals surface area contributed by atoms with Crippen LogP contribution in [0.1, 0.15) is 16.9 Å². The van der Waals surface area contributed by atoms with Crippen LogP contribution in [0.3, 0.4) is 0 Å². The average Bonchev–Trinajstić information content (AvgIpc) is 2.83. The first-order chi connectivity index (χ1) is 15.4. The van der Waals surface area contributed by atoms with Crippen LogP contribution in [0.5, 0.6) is 11.5 Å². The van der Waals surface area contributed by atoms with Crippen molar-refractivity contribution in [3.63, 3.8) is 0 Å². The third-order valence-corrected chi connectivity index (χ3v) is 8.39. The molecule has 0 spiro atoms. The van der Waals surface area contributed by atoms with Gasteiger partial charge >= 0.3 is 14.7 Å². The Bertz CT molecular complexity index is 962. The van der Waals surface area contributed by atoms with Crippen LogP contribution in [-0.2, 0) is 25.4 Å². The summed E-state index contributed by atoms with van der Waals surface area (Å²) in [6.07, 6.45) is 3.38. The topological polar surface area (TPSA) is 81.6 Å². The van der Waals surface area contributed by atoms with Crippen molar-refractivity contribution in [3.05, 3.63) is 72.3 Å². The second-order valence-electron chi connectivity index (χ2n) is 6.41. The first-order valence-electron chi connectivity index (χ1n) is 9.59. The molecule has 0 bridgehead atoms. The maximum Gasteiger partial charge on any atom is 0.540 e. The SMILES string of the molecule is C=CCNC(c1ccc(O[P+](=S)N(C)/N=C/c2ccc(OC)cc2)cc1)P(=O)(OC)OC. The van der Waals surface area contributed by atoms with Crippen LogP contribution in [0.15, 0.2) is 66.3 Å². The normalized spacial score (nSPS) is 12.9. The maximum atomic E-state index is 12.9. The molecule has 2 aromatic carbocycles. The van der Waals surface area contributed by atoms with Gasteiger partial charge in [0, 0.05) is 20.8 Å². The summed E-state index contributed by atoms with van der Waals surface area (Å²) in [5.41, 5.74) is 1.64. The fourth-order valence-electron chi connectivity index (χ4n) is 2.64. The molecule has 8 nitrogen and oxygen atoms in total. The van der Waals surface area contributed by atoms with Crippen molar-refractivity contribution in [2.24, 2.45) is 5.10 Å². The van der Waals surface area contributed by atoms with Gasteiger partial charge in [-0.1, -0.05) is 23.0 Å². The van der Waals surface area contributed by atoms with Gasteiger partial charge in [-0.15, -0.1) is 11.7 Å². The lowest BCUT2D eigenvalue weighted by Gasteiger charge is -2.25. The van der Waals surface area contributed by atoms with Crippen LogP contribution in [-0.4, -0.2) is 45.9 Å². The van der Waals surface area contributed by atoms with E-state index in [4.69, 9.17) is 30.1 Å². The summed E-state index contributed by atoms with van der Waals surface area (Å²) in [4.78, 5) is 0. The smallest absolute Gasteiger partial charge is 0.497 e. The van der Waals surface area contributed by atoms with E-state index in [-0.39, 0.29) is 0 Å². The van der Waals surface area contributed by atoms with Gasteiger partial charge in [0.05, 0.1) is 20.4 Å². The zero-order chi connectivity index (χ0) is 23.6. The van der Waals surface area contributed by atoms with Gasteiger partial charge in [-0.05, 0) is 47.5 Å². The van der Waals surface area contributed by atoms with Crippen LogP contribution >= 0.6 is 14.7 Å². The lowest BCUT2D eigenvalue weighted by atomic mass is 10.2. The van der Waals surface area contributed by atoms with Gasteiger partial charge in [0.2, 0.25) is 11.8 Å². The van der Waals surface area contributed by atoms with Gasteiger partial charge in [0.15, 0.2) is 5.75 Å². The highest BCUT2D eigenvalue weighted by atomic mass is 32.4. The van der Waals surface area contributed by atoms with E-state index >= 15 is 0 Å². The number of hydrazone groups is 1. The molecule has 0 aliphatic heterocycles. The summed E-state index contributed by atoms with van der Waals surface area (Å²) < 4.78 is 35.9. The first kappa shape index (κ1) is 26.1. The molecule has 0 heterocycles. The number of methoxy groups -OCH3 is 1. The van der Waals surface area contributed by atoms with Gasteiger partial charge in [0.1, 0.15) is 11.5 Å². The fraction of sp³-hybridized carbons (Fsp3) is 0.286. The van der Waals surface area contributed by atoms with Crippen molar-refractivity contribution in [2.75, 3.05) is 34.9 Å². The number of nitrogens with one attached hydrogen (secondary N) is 1. The Hall–Kier alpha value is -2.12. The lowest BCUT2D eigenvalue weighted by molar-refractivity contribution is 0.260. The third-order valence-electron chi connectivity index (χ3n) is 4.39. The monoisotopic (exact) mass is 496 g/mol. The Morgan fingerprint density at radius 1 is 1.12 bits per heavy atom. The van der Waals surface area contributed by atoms with Gasteiger partial charge < -0.3 is 13.8 Å². The minimum atomic E-state index is -3.40. The highest BCUT2D eigenvalue weighted by Gasteiger charge is 2.35. The molecule has 0 aromatic heterocycles. The predicted octanol–water partition coefficient (Wildman–Crippen LogP) is 5.07. The van der Waals surface area contributed by atoms with E-state index in [1.54, 1.807) is 55.5 Å². The number of hydrogen-bond donors (Lipinski definition) is 1. The number of nitrogens with zero attached hydrogens (tertiary/aromatic N) is 2. The molecule has 2 rings (SSSR count). The molecule has 0 aliphatic carbocycles. The molecule has 2 unspecified atom stereocenters. The minimum Gasteiger partial charge on any atom is -0.497 e. The van der Waals surface area contributed by atoms with Gasteiger partial charge in [0.25, 0.3) is 0 Å². The first-order valence-corrected chi connectivity index (χ1v) is 13.4. The van der Waals surface area contributed by atoms with Crippen molar-refractivity contribution in [2.45, 2.75) is 5.78 Å². The Labute approximate surface area is 195 Å². The number of benzene rings is 2. The molecule has 0 aliphatic rings. The molecule has 2 aromatic rings. The van der Waals surface area contributed by atoms with E-state index in [1.165, 1.54) is 14.2 Å². The molecule has 0 saturated heterocycles. The highest BCUT2D eigenvalue weighted by Crippen LogP contribution is 2.58.